The number of likely N-dealkylation sites (tertiary alicyclic amines) is 2. The van der Waals surface area contributed by atoms with E-state index in [9.17, 15) is 4.79 Å². The Morgan fingerprint density at radius 1 is 1.40 bits per heavy atom. The molecule has 2 aliphatic rings. The van der Waals surface area contributed by atoms with Crippen LogP contribution >= 0.6 is 11.3 Å². The van der Waals surface area contributed by atoms with E-state index in [0.717, 1.165) is 44.2 Å². The van der Waals surface area contributed by atoms with Crippen molar-refractivity contribution in [3.8, 4) is 0 Å². The monoisotopic (exact) mass is 294 g/mol. The highest BCUT2D eigenvalue weighted by atomic mass is 32.1. The third-order valence-corrected chi connectivity index (χ3v) is 5.37. The third-order valence-electron chi connectivity index (χ3n) is 4.52. The van der Waals surface area contributed by atoms with Crippen molar-refractivity contribution in [1.29, 1.82) is 0 Å². The maximum Gasteiger partial charge on any atom is 0.263 e. The Kier molecular flexibility index (Phi) is 4.38. The average molecular weight is 294 g/mol. The number of methoxy groups -OCH3 is 1. The number of thiophene rings is 1. The highest BCUT2D eigenvalue weighted by molar-refractivity contribution is 7.12. The largest absolute Gasteiger partial charge is 0.383 e. The van der Waals surface area contributed by atoms with E-state index >= 15 is 0 Å². The molecule has 4 nitrogen and oxygen atoms in total. The lowest BCUT2D eigenvalue weighted by Crippen LogP contribution is -2.41. The molecule has 0 aromatic carbocycles. The van der Waals surface area contributed by atoms with Crippen molar-refractivity contribution < 1.29 is 9.53 Å². The molecule has 3 rings (SSSR count). The summed E-state index contributed by atoms with van der Waals surface area (Å²) >= 11 is 1.54. The molecule has 0 aliphatic carbocycles. The van der Waals surface area contributed by atoms with Crippen LogP contribution in [0.4, 0.5) is 0 Å². The first-order valence-corrected chi connectivity index (χ1v) is 8.20. The molecule has 1 amide bonds. The zero-order valence-corrected chi connectivity index (χ0v) is 12.8. The zero-order valence-electron chi connectivity index (χ0n) is 12.0. The lowest BCUT2D eigenvalue weighted by Gasteiger charge is -2.33. The molecule has 2 fully saturated rings. The van der Waals surface area contributed by atoms with Gasteiger partial charge in [-0.05, 0) is 36.2 Å². The number of piperidine rings is 1. The Morgan fingerprint density at radius 3 is 3.00 bits per heavy atom. The molecule has 2 aliphatic heterocycles. The first-order valence-electron chi connectivity index (χ1n) is 7.32. The van der Waals surface area contributed by atoms with Gasteiger partial charge in [-0.1, -0.05) is 6.07 Å². The predicted octanol–water partition coefficient (Wildman–Crippen LogP) is 1.79. The summed E-state index contributed by atoms with van der Waals surface area (Å²) in [6.07, 6.45) is 1.21. The van der Waals surface area contributed by atoms with Gasteiger partial charge in [0.25, 0.3) is 5.91 Å². The van der Waals surface area contributed by atoms with Crippen LogP contribution in [0.3, 0.4) is 0 Å². The minimum Gasteiger partial charge on any atom is -0.383 e. The summed E-state index contributed by atoms with van der Waals surface area (Å²) in [5, 5.41) is 1.98. The van der Waals surface area contributed by atoms with Crippen molar-refractivity contribution in [2.45, 2.75) is 6.42 Å². The number of carbonyl (C=O) groups excluding carboxylic acids is 1. The molecule has 2 saturated heterocycles. The van der Waals surface area contributed by atoms with Crippen molar-refractivity contribution in [1.82, 2.24) is 9.80 Å². The fourth-order valence-corrected chi connectivity index (χ4v) is 4.08. The SMILES string of the molecule is COCCN1CC[C@H]2CN(C(=O)c3cccs3)C[C@H]2C1. The second kappa shape index (κ2) is 6.24. The minimum atomic E-state index is 0.220. The van der Waals surface area contributed by atoms with Crippen LogP contribution in [0.15, 0.2) is 17.5 Å². The van der Waals surface area contributed by atoms with Crippen molar-refractivity contribution in [3.63, 3.8) is 0 Å². The van der Waals surface area contributed by atoms with E-state index < -0.39 is 0 Å². The van der Waals surface area contributed by atoms with Gasteiger partial charge in [-0.25, -0.2) is 0 Å². The van der Waals surface area contributed by atoms with Crippen molar-refractivity contribution in [2.24, 2.45) is 11.8 Å². The number of carbonyl (C=O) groups is 1. The summed E-state index contributed by atoms with van der Waals surface area (Å²) < 4.78 is 5.16. The van der Waals surface area contributed by atoms with Gasteiger partial charge in [0.15, 0.2) is 0 Å². The fraction of sp³-hybridized carbons (Fsp3) is 0.667. The van der Waals surface area contributed by atoms with Crippen LogP contribution in [-0.4, -0.2) is 62.1 Å². The van der Waals surface area contributed by atoms with E-state index in [1.54, 1.807) is 18.4 Å². The van der Waals surface area contributed by atoms with Crippen molar-refractivity contribution >= 4 is 17.2 Å². The van der Waals surface area contributed by atoms with E-state index in [0.29, 0.717) is 11.8 Å². The number of rotatable bonds is 4. The summed E-state index contributed by atoms with van der Waals surface area (Å²) in [6, 6.07) is 3.88. The average Bonchev–Trinajstić information content (AvgIpc) is 3.12. The fourth-order valence-electron chi connectivity index (χ4n) is 3.39. The molecule has 0 unspecified atom stereocenters. The number of fused-ring (bicyclic) bond motifs is 1. The molecule has 2 atom stereocenters. The van der Waals surface area contributed by atoms with Crippen LogP contribution in [0.1, 0.15) is 16.1 Å². The number of amides is 1. The van der Waals surface area contributed by atoms with Crippen LogP contribution in [0.2, 0.25) is 0 Å². The minimum absolute atomic E-state index is 0.220. The molecule has 0 saturated carbocycles. The van der Waals surface area contributed by atoms with E-state index in [2.05, 4.69) is 9.80 Å². The van der Waals surface area contributed by atoms with Crippen LogP contribution in [0.5, 0.6) is 0 Å². The van der Waals surface area contributed by atoms with Gasteiger partial charge >= 0.3 is 0 Å². The second-order valence-corrected chi connectivity index (χ2v) is 6.74. The van der Waals surface area contributed by atoms with E-state index in [1.807, 2.05) is 17.5 Å². The van der Waals surface area contributed by atoms with Gasteiger partial charge in [0, 0.05) is 33.3 Å². The van der Waals surface area contributed by atoms with E-state index in [4.69, 9.17) is 4.74 Å². The topological polar surface area (TPSA) is 32.8 Å². The summed E-state index contributed by atoms with van der Waals surface area (Å²) in [7, 11) is 1.75. The molecule has 1 aromatic heterocycles. The Balaban J connectivity index is 1.57. The Labute approximate surface area is 124 Å². The normalized spacial score (nSPS) is 26.8. The van der Waals surface area contributed by atoms with Gasteiger partial charge in [0.2, 0.25) is 0 Å². The van der Waals surface area contributed by atoms with Crippen LogP contribution in [-0.2, 0) is 4.74 Å². The standard InChI is InChI=1S/C15H22N2O2S/c1-19-7-6-16-5-4-12-10-17(11-13(12)9-16)15(18)14-3-2-8-20-14/h2-3,8,12-13H,4-7,9-11H2,1H3/t12-,13+/m0/s1. The van der Waals surface area contributed by atoms with Gasteiger partial charge in [0.1, 0.15) is 0 Å². The summed E-state index contributed by atoms with van der Waals surface area (Å²) in [6.45, 7) is 5.94. The van der Waals surface area contributed by atoms with Gasteiger partial charge in [0.05, 0.1) is 11.5 Å². The molecular weight excluding hydrogens is 272 g/mol. The van der Waals surface area contributed by atoms with Crippen molar-refractivity contribution in [2.75, 3.05) is 46.4 Å². The molecule has 0 spiro atoms. The van der Waals surface area contributed by atoms with Gasteiger partial charge < -0.3 is 14.5 Å². The molecule has 3 heterocycles. The maximum absolute atomic E-state index is 12.4. The first kappa shape index (κ1) is 14.0. The van der Waals surface area contributed by atoms with E-state index in [-0.39, 0.29) is 5.91 Å². The lowest BCUT2D eigenvalue weighted by molar-refractivity contribution is 0.0787. The third kappa shape index (κ3) is 2.90. The molecule has 0 N–H and O–H groups in total. The molecule has 20 heavy (non-hydrogen) atoms. The van der Waals surface area contributed by atoms with Crippen LogP contribution < -0.4 is 0 Å². The quantitative estimate of drug-likeness (QED) is 0.849. The predicted molar refractivity (Wildman–Crippen MR) is 80.1 cm³/mol. The van der Waals surface area contributed by atoms with Crippen LogP contribution in [0.25, 0.3) is 0 Å². The highest BCUT2D eigenvalue weighted by Gasteiger charge is 2.38. The molecular formula is C15H22N2O2S. The van der Waals surface area contributed by atoms with Gasteiger partial charge in [-0.3, -0.25) is 4.79 Å². The number of hydrogen-bond donors (Lipinski definition) is 0. The smallest absolute Gasteiger partial charge is 0.263 e. The number of ether oxygens (including phenoxy) is 1. The number of nitrogens with zero attached hydrogens (tertiary/aromatic N) is 2. The molecule has 0 radical (unpaired) electrons. The summed E-state index contributed by atoms with van der Waals surface area (Å²) in [5.41, 5.74) is 0. The van der Waals surface area contributed by atoms with Crippen LogP contribution in [0, 0.1) is 11.8 Å². The maximum atomic E-state index is 12.4. The van der Waals surface area contributed by atoms with Gasteiger partial charge in [-0.2, -0.15) is 0 Å². The molecule has 5 heteroatoms. The summed E-state index contributed by atoms with van der Waals surface area (Å²) in [5.74, 6) is 1.56. The Bertz CT molecular complexity index is 449. The Hall–Kier alpha value is -0.910. The van der Waals surface area contributed by atoms with E-state index in [1.165, 1.54) is 6.42 Å². The summed E-state index contributed by atoms with van der Waals surface area (Å²) in [4.78, 5) is 17.8. The first-order chi connectivity index (χ1) is 9.78. The molecule has 1 aromatic rings. The van der Waals surface area contributed by atoms with Gasteiger partial charge in [-0.15, -0.1) is 11.3 Å². The Morgan fingerprint density at radius 2 is 2.25 bits per heavy atom. The highest BCUT2D eigenvalue weighted by Crippen LogP contribution is 2.32. The molecule has 0 bridgehead atoms. The lowest BCUT2D eigenvalue weighted by atomic mass is 9.89. The number of hydrogen-bond acceptors (Lipinski definition) is 4. The second-order valence-electron chi connectivity index (χ2n) is 5.79. The molecule has 110 valence electrons. The van der Waals surface area contributed by atoms with Crippen molar-refractivity contribution in [3.05, 3.63) is 22.4 Å². The zero-order chi connectivity index (χ0) is 13.9.